The van der Waals surface area contributed by atoms with E-state index in [1.165, 1.54) is 6.92 Å². The Kier molecular flexibility index (Phi) is 4.35. The first-order chi connectivity index (χ1) is 7.38. The standard InChI is InChI=1S/C11H15ClO3S/c1-3-16(14,15)11(12)10(13)9-6-4-5-8(2)7-9/h4-7,10-11,13H,3H2,1-2H3/t10-,11+/m0/s1. The number of aryl methyl sites for hydroxylation is 1. The van der Waals surface area contributed by atoms with Crippen LogP contribution in [0.5, 0.6) is 0 Å². The largest absolute Gasteiger partial charge is 0.386 e. The SMILES string of the molecule is CCS(=O)(=O)[C@@H](Cl)[C@@H](O)c1cccc(C)c1. The summed E-state index contributed by atoms with van der Waals surface area (Å²) in [6.07, 6.45) is -1.19. The van der Waals surface area contributed by atoms with E-state index in [-0.39, 0.29) is 5.75 Å². The lowest BCUT2D eigenvalue weighted by Crippen LogP contribution is -2.24. The van der Waals surface area contributed by atoms with E-state index < -0.39 is 20.7 Å². The van der Waals surface area contributed by atoms with E-state index in [0.717, 1.165) is 5.56 Å². The third kappa shape index (κ3) is 2.97. The van der Waals surface area contributed by atoms with Gasteiger partial charge < -0.3 is 5.11 Å². The highest BCUT2D eigenvalue weighted by Gasteiger charge is 2.29. The van der Waals surface area contributed by atoms with Crippen LogP contribution in [0.1, 0.15) is 24.2 Å². The lowest BCUT2D eigenvalue weighted by Gasteiger charge is -2.17. The minimum Gasteiger partial charge on any atom is -0.386 e. The van der Waals surface area contributed by atoms with E-state index in [2.05, 4.69) is 0 Å². The zero-order valence-corrected chi connectivity index (χ0v) is 10.8. The summed E-state index contributed by atoms with van der Waals surface area (Å²) >= 11 is 5.77. The second-order valence-electron chi connectivity index (χ2n) is 3.66. The van der Waals surface area contributed by atoms with E-state index in [1.807, 2.05) is 13.0 Å². The molecule has 0 aliphatic carbocycles. The maximum atomic E-state index is 11.5. The van der Waals surface area contributed by atoms with Crippen LogP contribution in [0.25, 0.3) is 0 Å². The average Bonchev–Trinajstić information content (AvgIpc) is 2.27. The molecule has 5 heteroatoms. The lowest BCUT2D eigenvalue weighted by atomic mass is 10.1. The summed E-state index contributed by atoms with van der Waals surface area (Å²) in [5, 5.41) is 9.87. The van der Waals surface area contributed by atoms with E-state index in [4.69, 9.17) is 11.6 Å². The van der Waals surface area contributed by atoms with Gasteiger partial charge in [-0.15, -0.1) is 11.6 Å². The zero-order valence-electron chi connectivity index (χ0n) is 9.22. The summed E-state index contributed by atoms with van der Waals surface area (Å²) in [5.41, 5.74) is 1.48. The van der Waals surface area contributed by atoms with Crippen molar-refractivity contribution in [1.82, 2.24) is 0 Å². The molecule has 16 heavy (non-hydrogen) atoms. The summed E-state index contributed by atoms with van der Waals surface area (Å²) < 4.78 is 21.7. The molecular weight excluding hydrogens is 248 g/mol. The molecule has 1 aromatic rings. The van der Waals surface area contributed by atoms with Gasteiger partial charge in [0, 0.05) is 5.75 Å². The monoisotopic (exact) mass is 262 g/mol. The van der Waals surface area contributed by atoms with Gasteiger partial charge >= 0.3 is 0 Å². The first-order valence-corrected chi connectivity index (χ1v) is 7.14. The van der Waals surface area contributed by atoms with E-state index in [9.17, 15) is 13.5 Å². The summed E-state index contributed by atoms with van der Waals surface area (Å²) in [6.45, 7) is 3.38. The maximum absolute atomic E-state index is 11.5. The van der Waals surface area contributed by atoms with E-state index in [1.54, 1.807) is 18.2 Å². The highest BCUT2D eigenvalue weighted by atomic mass is 35.5. The van der Waals surface area contributed by atoms with Crippen LogP contribution in [-0.2, 0) is 9.84 Å². The smallest absolute Gasteiger partial charge is 0.169 e. The highest BCUT2D eigenvalue weighted by Crippen LogP contribution is 2.26. The molecule has 0 spiro atoms. The van der Waals surface area contributed by atoms with Gasteiger partial charge in [0.1, 0.15) is 6.10 Å². The number of rotatable bonds is 4. The number of aliphatic hydroxyl groups excluding tert-OH is 1. The van der Waals surface area contributed by atoms with E-state index >= 15 is 0 Å². The molecule has 0 aromatic heterocycles. The van der Waals surface area contributed by atoms with Crippen molar-refractivity contribution in [3.8, 4) is 0 Å². The Morgan fingerprint density at radius 2 is 2.06 bits per heavy atom. The molecule has 0 saturated heterocycles. The Morgan fingerprint density at radius 3 is 2.56 bits per heavy atom. The molecule has 0 amide bonds. The fourth-order valence-corrected chi connectivity index (χ4v) is 2.75. The summed E-state index contributed by atoms with van der Waals surface area (Å²) in [4.78, 5) is 0. The number of benzene rings is 1. The number of alkyl halides is 1. The van der Waals surface area contributed by atoms with Crippen molar-refractivity contribution in [3.05, 3.63) is 35.4 Å². The molecule has 3 nitrogen and oxygen atoms in total. The number of halogens is 1. The third-order valence-electron chi connectivity index (χ3n) is 2.38. The molecule has 0 aliphatic heterocycles. The van der Waals surface area contributed by atoms with Crippen LogP contribution < -0.4 is 0 Å². The van der Waals surface area contributed by atoms with Crippen LogP contribution in [0, 0.1) is 6.92 Å². The number of sulfone groups is 1. The first kappa shape index (κ1) is 13.5. The minimum atomic E-state index is -3.44. The van der Waals surface area contributed by atoms with Crippen molar-refractivity contribution < 1.29 is 13.5 Å². The van der Waals surface area contributed by atoms with Gasteiger partial charge in [-0.1, -0.05) is 36.8 Å². The molecular formula is C11H15ClO3S. The Bertz CT molecular complexity index is 456. The van der Waals surface area contributed by atoms with Crippen LogP contribution in [0.4, 0.5) is 0 Å². The van der Waals surface area contributed by atoms with Crippen molar-refractivity contribution in [2.24, 2.45) is 0 Å². The van der Waals surface area contributed by atoms with Crippen LogP contribution in [0.3, 0.4) is 0 Å². The number of hydrogen-bond acceptors (Lipinski definition) is 3. The second-order valence-corrected chi connectivity index (χ2v) is 6.80. The van der Waals surface area contributed by atoms with Crippen molar-refractivity contribution in [3.63, 3.8) is 0 Å². The van der Waals surface area contributed by atoms with Crippen molar-refractivity contribution in [1.29, 1.82) is 0 Å². The summed E-state index contributed by atoms with van der Waals surface area (Å²) in [7, 11) is -3.44. The Hall–Kier alpha value is -0.580. The normalized spacial score (nSPS) is 15.8. The molecule has 0 radical (unpaired) electrons. The molecule has 0 saturated carbocycles. The average molecular weight is 263 g/mol. The van der Waals surface area contributed by atoms with Gasteiger partial charge in [-0.3, -0.25) is 0 Å². The molecule has 0 bridgehead atoms. The fourth-order valence-electron chi connectivity index (χ4n) is 1.36. The lowest BCUT2D eigenvalue weighted by molar-refractivity contribution is 0.191. The highest BCUT2D eigenvalue weighted by molar-refractivity contribution is 7.93. The molecule has 0 aliphatic rings. The quantitative estimate of drug-likeness (QED) is 0.845. The topological polar surface area (TPSA) is 54.4 Å². The van der Waals surface area contributed by atoms with Crippen molar-refractivity contribution in [2.45, 2.75) is 24.7 Å². The molecule has 1 N–H and O–H groups in total. The predicted molar refractivity (Wildman–Crippen MR) is 65.2 cm³/mol. The molecule has 1 rings (SSSR count). The number of hydrogen-bond donors (Lipinski definition) is 1. The van der Waals surface area contributed by atoms with Gasteiger partial charge in [-0.05, 0) is 12.5 Å². The molecule has 0 heterocycles. The number of aliphatic hydroxyl groups is 1. The van der Waals surface area contributed by atoms with Crippen LogP contribution in [0.15, 0.2) is 24.3 Å². The van der Waals surface area contributed by atoms with Crippen molar-refractivity contribution in [2.75, 3.05) is 5.75 Å². The molecule has 1 aromatic carbocycles. The fraction of sp³-hybridized carbons (Fsp3) is 0.455. The molecule has 0 fully saturated rings. The minimum absolute atomic E-state index is 0.0793. The molecule has 2 atom stereocenters. The zero-order chi connectivity index (χ0) is 12.3. The first-order valence-electron chi connectivity index (χ1n) is 4.98. The van der Waals surface area contributed by atoms with Gasteiger partial charge in [-0.2, -0.15) is 0 Å². The van der Waals surface area contributed by atoms with E-state index in [0.29, 0.717) is 5.56 Å². The Labute approximate surface area is 101 Å². The van der Waals surface area contributed by atoms with Gasteiger partial charge in [0.25, 0.3) is 0 Å². The van der Waals surface area contributed by atoms with Gasteiger partial charge in [0.15, 0.2) is 14.5 Å². The van der Waals surface area contributed by atoms with Gasteiger partial charge in [0.05, 0.1) is 0 Å². The Balaban J connectivity index is 2.99. The summed E-state index contributed by atoms with van der Waals surface area (Å²) in [6, 6.07) is 7.02. The third-order valence-corrected chi connectivity index (χ3v) is 5.18. The summed E-state index contributed by atoms with van der Waals surface area (Å²) in [5.74, 6) is -0.0793. The van der Waals surface area contributed by atoms with Gasteiger partial charge in [-0.25, -0.2) is 8.42 Å². The Morgan fingerprint density at radius 1 is 1.44 bits per heavy atom. The molecule has 0 unspecified atom stereocenters. The maximum Gasteiger partial charge on any atom is 0.169 e. The van der Waals surface area contributed by atoms with Crippen LogP contribution in [-0.4, -0.2) is 24.0 Å². The molecule has 90 valence electrons. The van der Waals surface area contributed by atoms with Crippen LogP contribution in [0.2, 0.25) is 0 Å². The second kappa shape index (κ2) is 5.17. The van der Waals surface area contributed by atoms with Crippen LogP contribution >= 0.6 is 11.6 Å². The van der Waals surface area contributed by atoms with Gasteiger partial charge in [0.2, 0.25) is 0 Å². The van der Waals surface area contributed by atoms with Crippen molar-refractivity contribution >= 4 is 21.4 Å². The predicted octanol–water partition coefficient (Wildman–Crippen LogP) is 2.03.